The fraction of sp³-hybridized carbons (Fsp3) is 0.235. The SMILES string of the molecule is Cc1ccc(CC(=O)N2CCSc3ccc(N)cc32)cc1. The lowest BCUT2D eigenvalue weighted by Gasteiger charge is -2.29. The predicted molar refractivity (Wildman–Crippen MR) is 88.8 cm³/mol. The second-order valence-corrected chi connectivity index (χ2v) is 6.42. The molecule has 0 atom stereocenters. The Morgan fingerprint density at radius 1 is 1.24 bits per heavy atom. The van der Waals surface area contributed by atoms with Gasteiger partial charge in [-0.15, -0.1) is 11.8 Å². The van der Waals surface area contributed by atoms with Crippen molar-refractivity contribution in [3.63, 3.8) is 0 Å². The van der Waals surface area contributed by atoms with Crippen molar-refractivity contribution in [1.29, 1.82) is 0 Å². The van der Waals surface area contributed by atoms with Crippen LogP contribution in [0.25, 0.3) is 0 Å². The number of benzene rings is 2. The number of thioether (sulfide) groups is 1. The van der Waals surface area contributed by atoms with Crippen LogP contribution in [0.15, 0.2) is 47.4 Å². The molecule has 0 aliphatic carbocycles. The second-order valence-electron chi connectivity index (χ2n) is 5.28. The molecule has 1 amide bonds. The summed E-state index contributed by atoms with van der Waals surface area (Å²) in [7, 11) is 0. The van der Waals surface area contributed by atoms with Gasteiger partial charge in [-0.3, -0.25) is 4.79 Å². The molecule has 0 fully saturated rings. The minimum absolute atomic E-state index is 0.131. The van der Waals surface area contributed by atoms with Crippen LogP contribution in [0.1, 0.15) is 11.1 Å². The molecule has 0 radical (unpaired) electrons. The van der Waals surface area contributed by atoms with E-state index in [0.29, 0.717) is 12.1 Å². The molecular weight excluding hydrogens is 280 g/mol. The fourth-order valence-electron chi connectivity index (χ4n) is 2.47. The number of rotatable bonds is 2. The van der Waals surface area contributed by atoms with Gasteiger partial charge in [0.15, 0.2) is 0 Å². The Kier molecular flexibility index (Phi) is 3.88. The van der Waals surface area contributed by atoms with E-state index in [9.17, 15) is 4.79 Å². The van der Waals surface area contributed by atoms with Crippen molar-refractivity contribution in [1.82, 2.24) is 0 Å². The molecule has 0 bridgehead atoms. The van der Waals surface area contributed by atoms with E-state index in [1.54, 1.807) is 11.8 Å². The van der Waals surface area contributed by atoms with Crippen molar-refractivity contribution in [3.05, 3.63) is 53.6 Å². The van der Waals surface area contributed by atoms with E-state index >= 15 is 0 Å². The van der Waals surface area contributed by atoms with Gasteiger partial charge in [-0.2, -0.15) is 0 Å². The smallest absolute Gasteiger partial charge is 0.231 e. The summed E-state index contributed by atoms with van der Waals surface area (Å²) in [5.74, 6) is 1.06. The van der Waals surface area contributed by atoms with Gasteiger partial charge in [-0.1, -0.05) is 29.8 Å². The Labute approximate surface area is 129 Å². The average molecular weight is 298 g/mol. The number of anilines is 2. The number of aryl methyl sites for hydroxylation is 1. The van der Waals surface area contributed by atoms with Gasteiger partial charge in [0.1, 0.15) is 0 Å². The van der Waals surface area contributed by atoms with E-state index < -0.39 is 0 Å². The van der Waals surface area contributed by atoms with Gasteiger partial charge in [0.2, 0.25) is 5.91 Å². The molecular formula is C17H18N2OS. The molecule has 0 saturated heterocycles. The van der Waals surface area contributed by atoms with Crippen LogP contribution in [0.2, 0.25) is 0 Å². The van der Waals surface area contributed by atoms with E-state index in [4.69, 9.17) is 5.73 Å². The average Bonchev–Trinajstić information content (AvgIpc) is 2.49. The fourth-order valence-corrected chi connectivity index (χ4v) is 3.44. The Hall–Kier alpha value is -1.94. The van der Waals surface area contributed by atoms with Crippen LogP contribution in [-0.4, -0.2) is 18.2 Å². The third kappa shape index (κ3) is 3.05. The van der Waals surface area contributed by atoms with Crippen LogP contribution in [0.3, 0.4) is 0 Å². The molecule has 0 saturated carbocycles. The molecule has 1 heterocycles. The first-order chi connectivity index (χ1) is 10.1. The van der Waals surface area contributed by atoms with Crippen LogP contribution >= 0.6 is 11.8 Å². The largest absolute Gasteiger partial charge is 0.399 e. The van der Waals surface area contributed by atoms with Crippen molar-refractivity contribution in [2.45, 2.75) is 18.2 Å². The molecule has 2 aromatic carbocycles. The summed E-state index contributed by atoms with van der Waals surface area (Å²) in [5.41, 5.74) is 9.77. The van der Waals surface area contributed by atoms with Crippen LogP contribution in [0.5, 0.6) is 0 Å². The zero-order valence-electron chi connectivity index (χ0n) is 12.0. The summed E-state index contributed by atoms with van der Waals surface area (Å²) in [6.07, 6.45) is 0.430. The maximum absolute atomic E-state index is 12.6. The lowest BCUT2D eigenvalue weighted by molar-refractivity contribution is -0.118. The van der Waals surface area contributed by atoms with Crippen LogP contribution in [-0.2, 0) is 11.2 Å². The topological polar surface area (TPSA) is 46.3 Å². The van der Waals surface area contributed by atoms with E-state index in [-0.39, 0.29) is 5.91 Å². The molecule has 3 nitrogen and oxygen atoms in total. The second kappa shape index (κ2) is 5.82. The number of nitrogen functional groups attached to an aromatic ring is 1. The van der Waals surface area contributed by atoms with Gasteiger partial charge >= 0.3 is 0 Å². The quantitative estimate of drug-likeness (QED) is 0.866. The van der Waals surface area contributed by atoms with Crippen molar-refractivity contribution >= 4 is 29.0 Å². The number of fused-ring (bicyclic) bond motifs is 1. The normalized spacial score (nSPS) is 13.9. The molecule has 0 unspecified atom stereocenters. The van der Waals surface area contributed by atoms with Crippen molar-refractivity contribution in [3.8, 4) is 0 Å². The summed E-state index contributed by atoms with van der Waals surface area (Å²) >= 11 is 1.78. The number of carbonyl (C=O) groups is 1. The molecule has 4 heteroatoms. The highest BCUT2D eigenvalue weighted by Crippen LogP contribution is 2.36. The summed E-state index contributed by atoms with van der Waals surface area (Å²) in [5, 5.41) is 0. The van der Waals surface area contributed by atoms with Gasteiger partial charge in [0.05, 0.1) is 12.1 Å². The Balaban J connectivity index is 1.83. The number of nitrogens with zero attached hydrogens (tertiary/aromatic N) is 1. The Bertz CT molecular complexity index is 667. The Morgan fingerprint density at radius 2 is 2.00 bits per heavy atom. The monoisotopic (exact) mass is 298 g/mol. The Morgan fingerprint density at radius 3 is 2.76 bits per heavy atom. The van der Waals surface area contributed by atoms with E-state index in [0.717, 1.165) is 28.4 Å². The third-order valence-corrected chi connectivity index (χ3v) is 4.67. The highest BCUT2D eigenvalue weighted by molar-refractivity contribution is 7.99. The predicted octanol–water partition coefficient (Wildman–Crippen LogP) is 3.26. The van der Waals surface area contributed by atoms with Crippen molar-refractivity contribution in [2.24, 2.45) is 0 Å². The highest BCUT2D eigenvalue weighted by atomic mass is 32.2. The molecule has 2 aromatic rings. The minimum atomic E-state index is 0.131. The van der Waals surface area contributed by atoms with Gasteiger partial charge in [-0.25, -0.2) is 0 Å². The standard InChI is InChI=1S/C17H18N2OS/c1-12-2-4-13(5-3-12)10-17(20)19-8-9-21-16-7-6-14(18)11-15(16)19/h2-7,11H,8-10,18H2,1H3. The molecule has 1 aliphatic heterocycles. The minimum Gasteiger partial charge on any atom is -0.399 e. The lowest BCUT2D eigenvalue weighted by atomic mass is 10.1. The first-order valence-corrected chi connectivity index (χ1v) is 8.00. The van der Waals surface area contributed by atoms with Gasteiger partial charge in [0.25, 0.3) is 0 Å². The molecule has 0 aromatic heterocycles. The number of nitrogens with two attached hydrogens (primary N) is 1. The zero-order valence-corrected chi connectivity index (χ0v) is 12.8. The molecule has 2 N–H and O–H groups in total. The summed E-state index contributed by atoms with van der Waals surface area (Å²) in [6, 6.07) is 13.9. The maximum Gasteiger partial charge on any atom is 0.231 e. The van der Waals surface area contributed by atoms with E-state index in [2.05, 4.69) is 0 Å². The van der Waals surface area contributed by atoms with Crippen molar-refractivity contribution in [2.75, 3.05) is 22.9 Å². The van der Waals surface area contributed by atoms with Gasteiger partial charge in [0, 0.05) is 22.9 Å². The summed E-state index contributed by atoms with van der Waals surface area (Å²) in [6.45, 7) is 2.79. The number of amides is 1. The van der Waals surface area contributed by atoms with Gasteiger partial charge < -0.3 is 10.6 Å². The molecule has 3 rings (SSSR count). The molecule has 0 spiro atoms. The molecule has 1 aliphatic rings. The number of hydrogen-bond acceptors (Lipinski definition) is 3. The first-order valence-electron chi connectivity index (χ1n) is 7.02. The maximum atomic E-state index is 12.6. The van der Waals surface area contributed by atoms with Crippen LogP contribution in [0.4, 0.5) is 11.4 Å². The van der Waals surface area contributed by atoms with Crippen molar-refractivity contribution < 1.29 is 4.79 Å². The highest BCUT2D eigenvalue weighted by Gasteiger charge is 2.23. The third-order valence-electron chi connectivity index (χ3n) is 3.62. The van der Waals surface area contributed by atoms with E-state index in [1.807, 2.05) is 54.3 Å². The van der Waals surface area contributed by atoms with Gasteiger partial charge in [-0.05, 0) is 30.7 Å². The summed E-state index contributed by atoms with van der Waals surface area (Å²) < 4.78 is 0. The van der Waals surface area contributed by atoms with Crippen LogP contribution in [0, 0.1) is 6.92 Å². The summed E-state index contributed by atoms with van der Waals surface area (Å²) in [4.78, 5) is 15.6. The molecule has 21 heavy (non-hydrogen) atoms. The van der Waals surface area contributed by atoms with Crippen LogP contribution < -0.4 is 10.6 Å². The zero-order chi connectivity index (χ0) is 14.8. The number of carbonyl (C=O) groups excluding carboxylic acids is 1. The lowest BCUT2D eigenvalue weighted by Crippen LogP contribution is -2.36. The number of hydrogen-bond donors (Lipinski definition) is 1. The first kappa shape index (κ1) is 14.0. The molecule has 108 valence electrons. The van der Waals surface area contributed by atoms with E-state index in [1.165, 1.54) is 5.56 Å².